The number of piperidine rings is 1. The highest BCUT2D eigenvalue weighted by atomic mass is 15.2. The van der Waals surface area contributed by atoms with Crippen LogP contribution in [0.3, 0.4) is 0 Å². The smallest absolute Gasteiger partial charge is 0.0192 e. The number of hydrogen-bond acceptors (Lipinski definition) is 2. The summed E-state index contributed by atoms with van der Waals surface area (Å²) in [6.07, 6.45) is 5.66. The minimum atomic E-state index is 0.690. The molecule has 1 saturated heterocycles. The molecule has 1 atom stereocenters. The second kappa shape index (κ2) is 4.42. The van der Waals surface area contributed by atoms with E-state index in [4.69, 9.17) is 0 Å². The van der Waals surface area contributed by atoms with Gasteiger partial charge in [0, 0.05) is 19.1 Å². The van der Waals surface area contributed by atoms with Crippen LogP contribution in [-0.4, -0.2) is 37.6 Å². The van der Waals surface area contributed by atoms with Crippen molar-refractivity contribution in [3.8, 4) is 0 Å². The van der Waals surface area contributed by atoms with Crippen LogP contribution < -0.4 is 5.32 Å². The molecule has 1 unspecified atom stereocenters. The molecule has 2 rings (SSSR count). The zero-order valence-corrected chi connectivity index (χ0v) is 10.6. The number of rotatable bonds is 4. The number of likely N-dealkylation sites (tertiary alicyclic amines) is 1. The Morgan fingerprint density at radius 2 is 2.13 bits per heavy atom. The molecule has 1 N–H and O–H groups in total. The lowest BCUT2D eigenvalue weighted by atomic mass is 9.91. The van der Waals surface area contributed by atoms with Gasteiger partial charge in [0.25, 0.3) is 0 Å². The van der Waals surface area contributed by atoms with Gasteiger partial charge in [0.05, 0.1) is 0 Å². The fourth-order valence-electron chi connectivity index (χ4n) is 2.96. The first-order chi connectivity index (χ1) is 7.16. The first kappa shape index (κ1) is 11.4. The molecule has 2 heteroatoms. The van der Waals surface area contributed by atoms with Crippen LogP contribution in [-0.2, 0) is 0 Å². The van der Waals surface area contributed by atoms with Crippen LogP contribution in [0, 0.1) is 11.3 Å². The first-order valence-electron chi connectivity index (χ1n) is 6.56. The third-order valence-electron chi connectivity index (χ3n) is 4.57. The Balaban J connectivity index is 1.84. The van der Waals surface area contributed by atoms with Gasteiger partial charge in [-0.3, -0.25) is 0 Å². The van der Waals surface area contributed by atoms with Crippen molar-refractivity contribution in [3.63, 3.8) is 0 Å². The van der Waals surface area contributed by atoms with E-state index in [-0.39, 0.29) is 0 Å². The molecule has 1 heterocycles. The van der Waals surface area contributed by atoms with Crippen molar-refractivity contribution >= 4 is 0 Å². The van der Waals surface area contributed by atoms with Crippen LogP contribution >= 0.6 is 0 Å². The number of nitrogens with zero attached hydrogens (tertiary/aromatic N) is 1. The maximum atomic E-state index is 3.43. The highest BCUT2D eigenvalue weighted by Crippen LogP contribution is 2.52. The fourth-order valence-corrected chi connectivity index (χ4v) is 2.96. The van der Waals surface area contributed by atoms with Gasteiger partial charge in [0.15, 0.2) is 0 Å². The summed E-state index contributed by atoms with van der Waals surface area (Å²) in [5.41, 5.74) is 0.690. The zero-order valence-electron chi connectivity index (χ0n) is 10.6. The van der Waals surface area contributed by atoms with Gasteiger partial charge in [0.1, 0.15) is 0 Å². The molecule has 0 aromatic rings. The minimum Gasteiger partial charge on any atom is -0.316 e. The van der Waals surface area contributed by atoms with Crippen molar-refractivity contribution in [2.24, 2.45) is 11.3 Å². The van der Waals surface area contributed by atoms with E-state index in [9.17, 15) is 0 Å². The summed E-state index contributed by atoms with van der Waals surface area (Å²) < 4.78 is 0. The van der Waals surface area contributed by atoms with Gasteiger partial charge in [0.2, 0.25) is 0 Å². The topological polar surface area (TPSA) is 15.3 Å². The fraction of sp³-hybridized carbons (Fsp3) is 1.00. The Kier molecular flexibility index (Phi) is 3.36. The molecule has 1 saturated carbocycles. The summed E-state index contributed by atoms with van der Waals surface area (Å²) in [6, 6.07) is 0.738. The van der Waals surface area contributed by atoms with Crippen LogP contribution in [0.5, 0.6) is 0 Å². The minimum absolute atomic E-state index is 0.690. The summed E-state index contributed by atoms with van der Waals surface area (Å²) in [7, 11) is 2.10. The predicted molar refractivity (Wildman–Crippen MR) is 65.0 cm³/mol. The summed E-state index contributed by atoms with van der Waals surface area (Å²) >= 11 is 0. The highest BCUT2D eigenvalue weighted by molar-refractivity contribution is 4.98. The molecule has 15 heavy (non-hydrogen) atoms. The van der Waals surface area contributed by atoms with E-state index >= 15 is 0 Å². The van der Waals surface area contributed by atoms with Crippen LogP contribution in [0.2, 0.25) is 0 Å². The highest BCUT2D eigenvalue weighted by Gasteiger charge is 2.46. The lowest BCUT2D eigenvalue weighted by Crippen LogP contribution is -2.46. The summed E-state index contributed by atoms with van der Waals surface area (Å²) in [5.74, 6) is 0.868. The third kappa shape index (κ3) is 2.54. The van der Waals surface area contributed by atoms with Crippen LogP contribution in [0.1, 0.15) is 39.5 Å². The quantitative estimate of drug-likeness (QED) is 0.764. The van der Waals surface area contributed by atoms with Gasteiger partial charge in [-0.2, -0.15) is 0 Å². The van der Waals surface area contributed by atoms with Crippen molar-refractivity contribution in [3.05, 3.63) is 0 Å². The lowest BCUT2D eigenvalue weighted by Gasteiger charge is -2.36. The Hall–Kier alpha value is -0.0800. The van der Waals surface area contributed by atoms with Gasteiger partial charge in [-0.05, 0) is 50.6 Å². The monoisotopic (exact) mass is 210 g/mol. The zero-order chi connectivity index (χ0) is 10.9. The van der Waals surface area contributed by atoms with Crippen molar-refractivity contribution in [2.45, 2.75) is 45.6 Å². The molecule has 2 fully saturated rings. The number of likely N-dealkylation sites (N-methyl/N-ethyl adjacent to an activating group) is 1. The van der Waals surface area contributed by atoms with Crippen LogP contribution in [0.15, 0.2) is 0 Å². The van der Waals surface area contributed by atoms with Gasteiger partial charge in [-0.25, -0.2) is 0 Å². The SMILES string of the molecule is CNC1CCCN(CC2(C(C)C)CC2)C1. The van der Waals surface area contributed by atoms with Crippen molar-refractivity contribution < 1.29 is 0 Å². The summed E-state index contributed by atoms with van der Waals surface area (Å²) in [5, 5.41) is 3.43. The molecule has 0 aromatic carbocycles. The molecule has 2 nitrogen and oxygen atoms in total. The second-order valence-corrected chi connectivity index (χ2v) is 5.88. The summed E-state index contributed by atoms with van der Waals surface area (Å²) in [6.45, 7) is 8.74. The predicted octanol–water partition coefficient (Wildman–Crippen LogP) is 2.11. The molecule has 1 aliphatic carbocycles. The molecule has 0 spiro atoms. The molecule has 0 aromatic heterocycles. The Labute approximate surface area is 94.4 Å². The van der Waals surface area contributed by atoms with E-state index in [1.165, 1.54) is 45.3 Å². The standard InChI is InChI=1S/C13H26N2/c1-11(2)13(6-7-13)10-15-8-4-5-12(9-15)14-3/h11-12,14H,4-10H2,1-3H3. The number of hydrogen-bond donors (Lipinski definition) is 1. The molecule has 2 aliphatic rings. The Morgan fingerprint density at radius 1 is 1.40 bits per heavy atom. The molecule has 0 radical (unpaired) electrons. The van der Waals surface area contributed by atoms with E-state index in [0.29, 0.717) is 5.41 Å². The Morgan fingerprint density at radius 3 is 2.67 bits per heavy atom. The van der Waals surface area contributed by atoms with Gasteiger partial charge < -0.3 is 10.2 Å². The van der Waals surface area contributed by atoms with Crippen molar-refractivity contribution in [1.29, 1.82) is 0 Å². The van der Waals surface area contributed by atoms with Gasteiger partial charge >= 0.3 is 0 Å². The Bertz CT molecular complexity index is 209. The number of nitrogens with one attached hydrogen (secondary N) is 1. The van der Waals surface area contributed by atoms with E-state index < -0.39 is 0 Å². The van der Waals surface area contributed by atoms with E-state index in [1.807, 2.05) is 0 Å². The molecule has 88 valence electrons. The van der Waals surface area contributed by atoms with E-state index in [1.54, 1.807) is 0 Å². The molecule has 0 amide bonds. The molecule has 0 bridgehead atoms. The van der Waals surface area contributed by atoms with Gasteiger partial charge in [-0.15, -0.1) is 0 Å². The van der Waals surface area contributed by atoms with Crippen molar-refractivity contribution in [1.82, 2.24) is 10.2 Å². The van der Waals surface area contributed by atoms with Crippen molar-refractivity contribution in [2.75, 3.05) is 26.7 Å². The largest absolute Gasteiger partial charge is 0.316 e. The van der Waals surface area contributed by atoms with Crippen LogP contribution in [0.25, 0.3) is 0 Å². The molecule has 1 aliphatic heterocycles. The average molecular weight is 210 g/mol. The summed E-state index contributed by atoms with van der Waals surface area (Å²) in [4.78, 5) is 2.69. The maximum absolute atomic E-state index is 3.43. The average Bonchev–Trinajstić information content (AvgIpc) is 2.99. The molecular formula is C13H26N2. The maximum Gasteiger partial charge on any atom is 0.0192 e. The molecular weight excluding hydrogens is 184 g/mol. The van der Waals surface area contributed by atoms with E-state index in [0.717, 1.165) is 12.0 Å². The lowest BCUT2D eigenvalue weighted by molar-refractivity contribution is 0.141. The van der Waals surface area contributed by atoms with Gasteiger partial charge in [-0.1, -0.05) is 13.8 Å². The first-order valence-corrected chi connectivity index (χ1v) is 6.56. The normalized spacial score (nSPS) is 30.8. The third-order valence-corrected chi connectivity index (χ3v) is 4.57. The van der Waals surface area contributed by atoms with Crippen LogP contribution in [0.4, 0.5) is 0 Å². The second-order valence-electron chi connectivity index (χ2n) is 5.88. The van der Waals surface area contributed by atoms with E-state index in [2.05, 4.69) is 31.1 Å².